The average Bonchev–Trinajstić information content (AvgIpc) is 2.66. The summed E-state index contributed by atoms with van der Waals surface area (Å²) >= 11 is 0. The van der Waals surface area contributed by atoms with Gasteiger partial charge in [0.05, 0.1) is 6.61 Å². The number of aliphatic hydroxyl groups is 1. The largest absolute Gasteiger partial charge is 0.481 e. The molecule has 0 aromatic heterocycles. The van der Waals surface area contributed by atoms with Crippen molar-refractivity contribution in [1.29, 1.82) is 0 Å². The van der Waals surface area contributed by atoms with Crippen molar-refractivity contribution in [3.63, 3.8) is 0 Å². The van der Waals surface area contributed by atoms with Crippen LogP contribution < -0.4 is 10.1 Å². The maximum atomic E-state index is 12.3. The molecule has 0 bridgehead atoms. The predicted molar refractivity (Wildman–Crippen MR) is 98.2 cm³/mol. The summed E-state index contributed by atoms with van der Waals surface area (Å²) in [6.45, 7) is 2.10. The topological polar surface area (TPSA) is 58.6 Å². The molecule has 3 aromatic carbocycles. The van der Waals surface area contributed by atoms with Gasteiger partial charge in [0.1, 0.15) is 5.75 Å². The van der Waals surface area contributed by atoms with Gasteiger partial charge in [-0.15, -0.1) is 0 Å². The van der Waals surface area contributed by atoms with Crippen molar-refractivity contribution >= 4 is 16.7 Å². The van der Waals surface area contributed by atoms with E-state index in [9.17, 15) is 4.79 Å². The Labute approximate surface area is 147 Å². The molecule has 0 saturated carbocycles. The number of ether oxygens (including phenoxy) is 1. The number of nitrogens with one attached hydrogen (secondary N) is 1. The van der Waals surface area contributed by atoms with Crippen LogP contribution >= 0.6 is 0 Å². The molecule has 1 unspecified atom stereocenters. The van der Waals surface area contributed by atoms with Crippen molar-refractivity contribution in [2.75, 3.05) is 0 Å². The lowest BCUT2D eigenvalue weighted by Gasteiger charge is -2.16. The van der Waals surface area contributed by atoms with Crippen LogP contribution in [-0.2, 0) is 17.9 Å². The van der Waals surface area contributed by atoms with E-state index in [-0.39, 0.29) is 12.5 Å². The Morgan fingerprint density at radius 1 is 1.08 bits per heavy atom. The first-order valence-corrected chi connectivity index (χ1v) is 8.28. The first kappa shape index (κ1) is 17.0. The normalized spacial score (nSPS) is 11.9. The highest BCUT2D eigenvalue weighted by atomic mass is 16.5. The standard InChI is InChI=1S/C21H21NO3/c1-15(25-19-10-4-6-16(12-19)14-23)21(24)22-13-18-9-5-8-17-7-2-3-11-20(17)18/h2-12,15,23H,13-14H2,1H3,(H,22,24). The predicted octanol–water partition coefficient (Wildman–Crippen LogP) is 3.42. The Hall–Kier alpha value is -2.85. The lowest BCUT2D eigenvalue weighted by atomic mass is 10.0. The highest BCUT2D eigenvalue weighted by Gasteiger charge is 2.15. The lowest BCUT2D eigenvalue weighted by Crippen LogP contribution is -2.35. The van der Waals surface area contributed by atoms with Gasteiger partial charge in [0.25, 0.3) is 5.91 Å². The minimum absolute atomic E-state index is 0.0567. The van der Waals surface area contributed by atoms with Crippen LogP contribution in [0.4, 0.5) is 0 Å². The molecule has 0 radical (unpaired) electrons. The van der Waals surface area contributed by atoms with Gasteiger partial charge in [0, 0.05) is 6.54 Å². The van der Waals surface area contributed by atoms with Crippen LogP contribution in [0.15, 0.2) is 66.7 Å². The molecule has 0 heterocycles. The van der Waals surface area contributed by atoms with E-state index in [0.717, 1.165) is 21.9 Å². The van der Waals surface area contributed by atoms with E-state index < -0.39 is 6.10 Å². The minimum Gasteiger partial charge on any atom is -0.481 e. The summed E-state index contributed by atoms with van der Waals surface area (Å²) in [7, 11) is 0. The van der Waals surface area contributed by atoms with Crippen LogP contribution in [-0.4, -0.2) is 17.1 Å². The minimum atomic E-state index is -0.621. The second kappa shape index (κ2) is 7.81. The molecule has 4 heteroatoms. The fourth-order valence-electron chi connectivity index (χ4n) is 2.75. The van der Waals surface area contributed by atoms with Gasteiger partial charge < -0.3 is 15.2 Å². The zero-order chi connectivity index (χ0) is 17.6. The molecule has 0 aliphatic carbocycles. The maximum Gasteiger partial charge on any atom is 0.261 e. The second-order valence-electron chi connectivity index (χ2n) is 5.92. The second-order valence-corrected chi connectivity index (χ2v) is 5.92. The van der Waals surface area contributed by atoms with Gasteiger partial charge in [-0.2, -0.15) is 0 Å². The Balaban J connectivity index is 1.63. The molecule has 0 fully saturated rings. The van der Waals surface area contributed by atoms with Crippen LogP contribution in [0.1, 0.15) is 18.1 Å². The molecule has 0 aliphatic rings. The number of carbonyl (C=O) groups is 1. The van der Waals surface area contributed by atoms with E-state index in [1.807, 2.05) is 24.3 Å². The van der Waals surface area contributed by atoms with E-state index in [4.69, 9.17) is 9.84 Å². The Morgan fingerprint density at radius 2 is 1.84 bits per heavy atom. The van der Waals surface area contributed by atoms with E-state index in [0.29, 0.717) is 12.3 Å². The molecule has 1 atom stereocenters. The summed E-state index contributed by atoms with van der Waals surface area (Å²) < 4.78 is 5.67. The molecule has 25 heavy (non-hydrogen) atoms. The van der Waals surface area contributed by atoms with Gasteiger partial charge in [0.15, 0.2) is 6.10 Å². The van der Waals surface area contributed by atoms with Gasteiger partial charge in [-0.3, -0.25) is 4.79 Å². The van der Waals surface area contributed by atoms with Crippen LogP contribution in [0.2, 0.25) is 0 Å². The lowest BCUT2D eigenvalue weighted by molar-refractivity contribution is -0.127. The van der Waals surface area contributed by atoms with Crippen molar-refractivity contribution in [3.05, 3.63) is 77.9 Å². The number of carbonyl (C=O) groups excluding carboxylic acids is 1. The number of fused-ring (bicyclic) bond motifs is 1. The monoisotopic (exact) mass is 335 g/mol. The van der Waals surface area contributed by atoms with Crippen LogP contribution in [0.25, 0.3) is 10.8 Å². The molecular weight excluding hydrogens is 314 g/mol. The molecule has 0 spiro atoms. The Bertz CT molecular complexity index is 870. The molecule has 1 amide bonds. The van der Waals surface area contributed by atoms with Gasteiger partial charge in [0.2, 0.25) is 0 Å². The molecule has 0 aliphatic heterocycles. The molecule has 0 saturated heterocycles. The van der Waals surface area contributed by atoms with Crippen molar-refractivity contribution in [2.45, 2.75) is 26.2 Å². The quantitative estimate of drug-likeness (QED) is 0.726. The zero-order valence-electron chi connectivity index (χ0n) is 14.1. The van der Waals surface area contributed by atoms with E-state index in [1.165, 1.54) is 0 Å². The number of aliphatic hydroxyl groups excluding tert-OH is 1. The fraction of sp³-hybridized carbons (Fsp3) is 0.190. The zero-order valence-corrected chi connectivity index (χ0v) is 14.1. The molecule has 4 nitrogen and oxygen atoms in total. The molecule has 2 N–H and O–H groups in total. The van der Waals surface area contributed by atoms with Crippen molar-refractivity contribution in [1.82, 2.24) is 5.32 Å². The smallest absolute Gasteiger partial charge is 0.261 e. The van der Waals surface area contributed by atoms with E-state index >= 15 is 0 Å². The Kier molecular flexibility index (Phi) is 5.31. The summed E-state index contributed by atoms with van der Waals surface area (Å²) in [6, 6.07) is 21.3. The number of benzene rings is 3. The van der Waals surface area contributed by atoms with Crippen molar-refractivity contribution in [3.8, 4) is 5.75 Å². The summed E-state index contributed by atoms with van der Waals surface area (Å²) in [5.74, 6) is 0.390. The first-order valence-electron chi connectivity index (χ1n) is 8.28. The summed E-state index contributed by atoms with van der Waals surface area (Å²) in [4.78, 5) is 12.3. The third kappa shape index (κ3) is 4.17. The summed E-state index contributed by atoms with van der Waals surface area (Å²) in [6.07, 6.45) is -0.621. The first-order chi connectivity index (χ1) is 12.2. The van der Waals surface area contributed by atoms with Crippen molar-refractivity contribution < 1.29 is 14.6 Å². The summed E-state index contributed by atoms with van der Waals surface area (Å²) in [5.41, 5.74) is 1.82. The van der Waals surface area contributed by atoms with E-state index in [1.54, 1.807) is 31.2 Å². The molecule has 128 valence electrons. The third-order valence-electron chi connectivity index (χ3n) is 4.10. The van der Waals surface area contributed by atoms with E-state index in [2.05, 4.69) is 23.5 Å². The molecule has 3 aromatic rings. The number of hydrogen-bond donors (Lipinski definition) is 2. The molecular formula is C21H21NO3. The highest BCUT2D eigenvalue weighted by Crippen LogP contribution is 2.18. The number of amides is 1. The Morgan fingerprint density at radius 3 is 2.68 bits per heavy atom. The number of hydrogen-bond acceptors (Lipinski definition) is 3. The summed E-state index contributed by atoms with van der Waals surface area (Å²) in [5, 5.41) is 14.4. The fourth-order valence-corrected chi connectivity index (χ4v) is 2.75. The SMILES string of the molecule is CC(Oc1cccc(CO)c1)C(=O)NCc1cccc2ccccc12. The van der Waals surface area contributed by atoms with Crippen LogP contribution in [0.5, 0.6) is 5.75 Å². The maximum absolute atomic E-state index is 12.3. The molecule has 3 rings (SSSR count). The van der Waals surface area contributed by atoms with Gasteiger partial charge >= 0.3 is 0 Å². The van der Waals surface area contributed by atoms with Gasteiger partial charge in [-0.1, -0.05) is 54.6 Å². The highest BCUT2D eigenvalue weighted by molar-refractivity contribution is 5.86. The van der Waals surface area contributed by atoms with Gasteiger partial charge in [-0.05, 0) is 41.0 Å². The van der Waals surface area contributed by atoms with Crippen molar-refractivity contribution in [2.24, 2.45) is 0 Å². The third-order valence-corrected chi connectivity index (χ3v) is 4.10. The number of rotatable bonds is 6. The van der Waals surface area contributed by atoms with Crippen LogP contribution in [0, 0.1) is 0 Å². The van der Waals surface area contributed by atoms with Gasteiger partial charge in [-0.25, -0.2) is 0 Å². The van der Waals surface area contributed by atoms with Crippen LogP contribution in [0.3, 0.4) is 0 Å². The average molecular weight is 335 g/mol.